The molecule has 2 rings (SSSR count). The van der Waals surface area contributed by atoms with Crippen LogP contribution < -0.4 is 5.32 Å². The maximum Gasteiger partial charge on any atom is 0.407 e. The van der Waals surface area contributed by atoms with Gasteiger partial charge in [-0.2, -0.15) is 0 Å². The first-order valence-corrected chi connectivity index (χ1v) is 7.56. The second-order valence-corrected chi connectivity index (χ2v) is 5.34. The summed E-state index contributed by atoms with van der Waals surface area (Å²) in [6.45, 7) is 5.91. The first kappa shape index (κ1) is 16.8. The van der Waals surface area contributed by atoms with Crippen LogP contribution in [0.2, 0.25) is 0 Å². The van der Waals surface area contributed by atoms with Crippen LogP contribution in [0.15, 0.2) is 22.9 Å². The third-order valence-electron chi connectivity index (χ3n) is 3.38. The summed E-state index contributed by atoms with van der Waals surface area (Å²) in [5.41, 5.74) is 1.92. The van der Waals surface area contributed by atoms with Crippen molar-refractivity contribution in [3.8, 4) is 17.2 Å². The smallest absolute Gasteiger partial charge is 0.407 e. The first-order chi connectivity index (χ1) is 11.0. The Hall–Kier alpha value is -2.57. The van der Waals surface area contributed by atoms with Gasteiger partial charge >= 0.3 is 6.09 Å². The summed E-state index contributed by atoms with van der Waals surface area (Å²) in [6.07, 6.45) is 2.50. The van der Waals surface area contributed by atoms with Crippen molar-refractivity contribution >= 4 is 6.09 Å². The van der Waals surface area contributed by atoms with Gasteiger partial charge in [0.25, 0.3) is 0 Å². The Morgan fingerprint density at radius 2 is 2.26 bits per heavy atom. The van der Waals surface area contributed by atoms with Crippen LogP contribution in [0.5, 0.6) is 5.75 Å². The third-order valence-corrected chi connectivity index (χ3v) is 3.38. The van der Waals surface area contributed by atoms with E-state index in [9.17, 15) is 9.90 Å². The van der Waals surface area contributed by atoms with Gasteiger partial charge in [0.05, 0.1) is 18.4 Å². The average molecular weight is 319 g/mol. The van der Waals surface area contributed by atoms with E-state index in [4.69, 9.17) is 9.26 Å². The highest BCUT2D eigenvalue weighted by Gasteiger charge is 2.17. The number of pyridine rings is 1. The molecule has 2 aromatic rings. The molecule has 0 spiro atoms. The van der Waals surface area contributed by atoms with E-state index >= 15 is 0 Å². The zero-order valence-electron chi connectivity index (χ0n) is 13.5. The van der Waals surface area contributed by atoms with Crippen molar-refractivity contribution in [3.05, 3.63) is 29.6 Å². The Morgan fingerprint density at radius 1 is 1.48 bits per heavy atom. The number of nitrogens with one attached hydrogen (secondary N) is 1. The van der Waals surface area contributed by atoms with Crippen LogP contribution in [0.3, 0.4) is 0 Å². The molecule has 1 amide bonds. The van der Waals surface area contributed by atoms with Gasteiger partial charge in [0, 0.05) is 5.56 Å². The Morgan fingerprint density at radius 3 is 2.91 bits per heavy atom. The molecule has 1 unspecified atom stereocenters. The van der Waals surface area contributed by atoms with E-state index < -0.39 is 6.09 Å². The molecule has 0 fully saturated rings. The second kappa shape index (κ2) is 7.62. The summed E-state index contributed by atoms with van der Waals surface area (Å²) >= 11 is 0. The number of nitrogens with zero attached hydrogens (tertiary/aromatic N) is 2. The minimum Gasteiger partial charge on any atom is -0.506 e. The maximum atomic E-state index is 11.8. The molecule has 7 nitrogen and oxygen atoms in total. The molecule has 0 aliphatic heterocycles. The molecule has 0 bridgehead atoms. The van der Waals surface area contributed by atoms with Gasteiger partial charge in [0.1, 0.15) is 17.5 Å². The van der Waals surface area contributed by atoms with Gasteiger partial charge in [0.2, 0.25) is 0 Å². The quantitative estimate of drug-likeness (QED) is 0.848. The summed E-state index contributed by atoms with van der Waals surface area (Å²) in [5, 5.41) is 15.9. The van der Waals surface area contributed by atoms with Crippen LogP contribution in [-0.2, 0) is 11.3 Å². The van der Waals surface area contributed by atoms with Crippen LogP contribution in [-0.4, -0.2) is 27.4 Å². The summed E-state index contributed by atoms with van der Waals surface area (Å²) < 4.78 is 10.5. The molecular formula is C16H21N3O4. The number of amides is 1. The van der Waals surface area contributed by atoms with Gasteiger partial charge in [-0.05, 0) is 32.4 Å². The molecule has 2 heterocycles. The number of hydrogen-bond donors (Lipinski definition) is 2. The summed E-state index contributed by atoms with van der Waals surface area (Å²) in [6, 6.07) is 3.14. The van der Waals surface area contributed by atoms with E-state index in [1.807, 2.05) is 13.8 Å². The van der Waals surface area contributed by atoms with Crippen LogP contribution >= 0.6 is 0 Å². The zero-order valence-corrected chi connectivity index (χ0v) is 13.5. The molecule has 0 saturated heterocycles. The van der Waals surface area contributed by atoms with E-state index in [2.05, 4.69) is 15.5 Å². The predicted octanol–water partition coefficient (Wildman–Crippen LogP) is 3.17. The highest BCUT2D eigenvalue weighted by Crippen LogP contribution is 2.25. The molecule has 0 radical (unpaired) electrons. The highest BCUT2D eigenvalue weighted by molar-refractivity contribution is 5.68. The molecule has 7 heteroatoms. The number of carbonyl (C=O) groups is 1. The largest absolute Gasteiger partial charge is 0.506 e. The lowest BCUT2D eigenvalue weighted by Gasteiger charge is -2.12. The first-order valence-electron chi connectivity index (χ1n) is 7.56. The van der Waals surface area contributed by atoms with Crippen molar-refractivity contribution in [3.63, 3.8) is 0 Å². The van der Waals surface area contributed by atoms with Gasteiger partial charge in [-0.3, -0.25) is 0 Å². The van der Waals surface area contributed by atoms with Crippen molar-refractivity contribution in [1.29, 1.82) is 0 Å². The van der Waals surface area contributed by atoms with E-state index in [1.165, 1.54) is 12.3 Å². The highest BCUT2D eigenvalue weighted by atomic mass is 16.6. The number of aryl methyl sites for hydroxylation is 1. The molecular weight excluding hydrogens is 298 g/mol. The molecule has 0 saturated carbocycles. The zero-order chi connectivity index (χ0) is 16.8. The van der Waals surface area contributed by atoms with E-state index in [0.29, 0.717) is 17.1 Å². The average Bonchev–Trinajstić information content (AvgIpc) is 2.87. The number of aromatic hydroxyl groups is 1. The molecule has 2 N–H and O–H groups in total. The van der Waals surface area contributed by atoms with Crippen molar-refractivity contribution in [2.45, 2.75) is 46.3 Å². The van der Waals surface area contributed by atoms with Gasteiger partial charge in [-0.1, -0.05) is 18.5 Å². The summed E-state index contributed by atoms with van der Waals surface area (Å²) in [5.74, 6) is 0.530. The Bertz CT molecular complexity index is 652. The molecule has 0 aliphatic carbocycles. The van der Waals surface area contributed by atoms with Crippen LogP contribution in [0.4, 0.5) is 4.79 Å². The van der Waals surface area contributed by atoms with Gasteiger partial charge in [-0.15, -0.1) is 0 Å². The number of alkyl carbamates (subject to hydrolysis) is 1. The van der Waals surface area contributed by atoms with E-state index in [-0.39, 0.29) is 18.4 Å². The third kappa shape index (κ3) is 4.45. The predicted molar refractivity (Wildman–Crippen MR) is 83.8 cm³/mol. The minimum absolute atomic E-state index is 0.0677. The number of rotatable bonds is 6. The van der Waals surface area contributed by atoms with Crippen LogP contribution in [0.25, 0.3) is 11.5 Å². The molecule has 1 atom stereocenters. The number of ether oxygens (including phenoxy) is 1. The fourth-order valence-corrected chi connectivity index (χ4v) is 2.17. The molecule has 2 aromatic heterocycles. The van der Waals surface area contributed by atoms with Crippen molar-refractivity contribution in [2.75, 3.05) is 0 Å². The van der Waals surface area contributed by atoms with E-state index in [0.717, 1.165) is 18.4 Å². The lowest BCUT2D eigenvalue weighted by atomic mass is 10.1. The fourth-order valence-electron chi connectivity index (χ4n) is 2.17. The van der Waals surface area contributed by atoms with Gasteiger partial charge < -0.3 is 19.7 Å². The van der Waals surface area contributed by atoms with Crippen molar-refractivity contribution in [1.82, 2.24) is 15.5 Å². The Balaban J connectivity index is 2.04. The standard InChI is InChI=1S/C16H21N3O4/c1-4-5-10(2)22-16(21)18-9-13-11(3)19-23-15(13)14-7-6-12(20)8-17-14/h6-8,10,20H,4-5,9H2,1-3H3,(H,18,21). The van der Waals surface area contributed by atoms with E-state index in [1.54, 1.807) is 13.0 Å². The minimum atomic E-state index is -0.476. The SMILES string of the molecule is CCCC(C)OC(=O)NCc1c(C)noc1-c1ccc(O)cn1. The van der Waals surface area contributed by atoms with Gasteiger partial charge in [-0.25, -0.2) is 9.78 Å². The van der Waals surface area contributed by atoms with Gasteiger partial charge in [0.15, 0.2) is 5.76 Å². The topological polar surface area (TPSA) is 97.5 Å². The van der Waals surface area contributed by atoms with Crippen molar-refractivity contribution in [2.24, 2.45) is 0 Å². The van der Waals surface area contributed by atoms with Crippen LogP contribution in [0.1, 0.15) is 37.9 Å². The molecule has 0 aliphatic rings. The maximum absolute atomic E-state index is 11.8. The number of aromatic nitrogens is 2. The molecule has 23 heavy (non-hydrogen) atoms. The summed E-state index contributed by atoms with van der Waals surface area (Å²) in [4.78, 5) is 15.9. The number of carbonyl (C=O) groups excluding carboxylic acids is 1. The Labute approximate surface area is 134 Å². The van der Waals surface area contributed by atoms with Crippen LogP contribution in [0, 0.1) is 6.92 Å². The van der Waals surface area contributed by atoms with Crippen molar-refractivity contribution < 1.29 is 19.2 Å². The normalized spacial score (nSPS) is 12.0. The molecule has 124 valence electrons. The fraction of sp³-hybridized carbons (Fsp3) is 0.438. The lowest BCUT2D eigenvalue weighted by Crippen LogP contribution is -2.27. The monoisotopic (exact) mass is 319 g/mol. The Kier molecular flexibility index (Phi) is 5.56. The summed E-state index contributed by atoms with van der Waals surface area (Å²) in [7, 11) is 0. The lowest BCUT2D eigenvalue weighted by molar-refractivity contribution is 0.101. The second-order valence-electron chi connectivity index (χ2n) is 5.34. The number of hydrogen-bond acceptors (Lipinski definition) is 6. The molecule has 0 aromatic carbocycles.